The Morgan fingerprint density at radius 2 is 1.06 bits per heavy atom. The highest BCUT2D eigenvalue weighted by molar-refractivity contribution is 7.97. The van der Waals surface area contributed by atoms with Crippen LogP contribution in [0.4, 0.5) is 0 Å². The molecule has 4 aromatic rings. The van der Waals surface area contributed by atoms with Crippen molar-refractivity contribution in [2.75, 3.05) is 6.61 Å². The Morgan fingerprint density at radius 3 is 1.46 bits per heavy atom. The highest BCUT2D eigenvalue weighted by atomic mass is 31.2. The summed E-state index contributed by atoms with van der Waals surface area (Å²) in [4.78, 5) is 27.6. The van der Waals surface area contributed by atoms with Crippen molar-refractivity contribution in [2.45, 2.75) is 6.92 Å². The van der Waals surface area contributed by atoms with Crippen LogP contribution in [0.15, 0.2) is 121 Å². The van der Waals surface area contributed by atoms with Crippen LogP contribution in [0.2, 0.25) is 0 Å². The lowest BCUT2D eigenvalue weighted by Crippen LogP contribution is -2.38. The molecule has 0 unspecified atom stereocenters. The van der Waals surface area contributed by atoms with Crippen LogP contribution in [0.3, 0.4) is 0 Å². The van der Waals surface area contributed by atoms with Gasteiger partial charge in [0.15, 0.2) is 0 Å². The van der Waals surface area contributed by atoms with E-state index in [-0.39, 0.29) is 11.9 Å². The molecule has 0 spiro atoms. The van der Waals surface area contributed by atoms with Crippen LogP contribution in [0.5, 0.6) is 0 Å². The summed E-state index contributed by atoms with van der Waals surface area (Å²) in [5, 5.41) is 2.73. The molecule has 0 N–H and O–H groups in total. The maximum Gasteiger partial charge on any atom is 0.343 e. The second kappa shape index (κ2) is 11.3. The quantitative estimate of drug-likeness (QED) is 0.180. The fourth-order valence-electron chi connectivity index (χ4n) is 4.08. The number of hydrogen-bond acceptors (Lipinski definition) is 3. The molecule has 0 heterocycles. The van der Waals surface area contributed by atoms with E-state index in [2.05, 4.69) is 11.8 Å². The van der Waals surface area contributed by atoms with Crippen molar-refractivity contribution in [3.8, 4) is 11.8 Å². The maximum atomic E-state index is 13.9. The van der Waals surface area contributed by atoms with Gasteiger partial charge < -0.3 is 4.74 Å². The van der Waals surface area contributed by atoms with Gasteiger partial charge in [-0.05, 0) is 47.8 Å². The molecule has 0 amide bonds. The van der Waals surface area contributed by atoms with Crippen LogP contribution in [-0.2, 0) is 14.3 Å². The van der Waals surface area contributed by atoms with Crippen LogP contribution in [-0.4, -0.2) is 23.7 Å². The van der Waals surface area contributed by atoms with E-state index in [1.54, 1.807) is 6.92 Å². The number of ether oxygens (including phenoxy) is 1. The van der Waals surface area contributed by atoms with Gasteiger partial charge in [-0.2, -0.15) is 0 Å². The Balaban J connectivity index is 2.17. The number of rotatable bonds is 6. The molecule has 0 bridgehead atoms. The van der Waals surface area contributed by atoms with Gasteiger partial charge in [0.05, 0.1) is 6.61 Å². The van der Waals surface area contributed by atoms with Crippen molar-refractivity contribution in [3.63, 3.8) is 0 Å². The fourth-order valence-corrected chi connectivity index (χ4v) is 8.31. The highest BCUT2D eigenvalue weighted by Gasteiger charge is 2.37. The Morgan fingerprint density at radius 1 is 0.657 bits per heavy atom. The van der Waals surface area contributed by atoms with E-state index in [0.29, 0.717) is 5.56 Å². The third kappa shape index (κ3) is 5.04. The van der Waals surface area contributed by atoms with Gasteiger partial charge in [-0.25, -0.2) is 4.79 Å². The summed E-state index contributed by atoms with van der Waals surface area (Å²) in [6.45, 7) is -1.04. The van der Waals surface area contributed by atoms with Crippen molar-refractivity contribution in [1.29, 1.82) is 0 Å². The number of esters is 1. The third-order valence-electron chi connectivity index (χ3n) is 5.54. The minimum atomic E-state index is -2.94. The zero-order chi connectivity index (χ0) is 24.5. The lowest BCUT2D eigenvalue weighted by atomic mass is 10.2. The van der Waals surface area contributed by atoms with Gasteiger partial charge in [0, 0.05) is 5.56 Å². The molecule has 0 atom stereocenters. The van der Waals surface area contributed by atoms with Crippen LogP contribution in [0.25, 0.3) is 0 Å². The summed E-state index contributed by atoms with van der Waals surface area (Å²) in [6, 6.07) is 38.5. The molecule has 172 valence electrons. The van der Waals surface area contributed by atoms with Crippen molar-refractivity contribution in [2.24, 2.45) is 0 Å². The van der Waals surface area contributed by atoms with Gasteiger partial charge in [0.2, 0.25) is 5.78 Å². The average molecular weight is 477 g/mol. The van der Waals surface area contributed by atoms with Crippen LogP contribution < -0.4 is 15.9 Å². The molecule has 3 nitrogen and oxygen atoms in total. The second-order valence-corrected chi connectivity index (χ2v) is 11.0. The van der Waals surface area contributed by atoms with E-state index in [9.17, 15) is 9.59 Å². The molecule has 35 heavy (non-hydrogen) atoms. The van der Waals surface area contributed by atoms with Crippen LogP contribution in [0.1, 0.15) is 12.5 Å². The highest BCUT2D eigenvalue weighted by Crippen LogP contribution is 2.46. The number of ketones is 1. The number of carbonyl (C=O) groups excluding carboxylic acids is 2. The summed E-state index contributed by atoms with van der Waals surface area (Å²) < 4.78 is 5.51. The largest absolute Gasteiger partial charge is 0.462 e. The van der Waals surface area contributed by atoms with Crippen LogP contribution in [0, 0.1) is 11.8 Å². The predicted octanol–water partition coefficient (Wildman–Crippen LogP) is 4.34. The molecule has 4 heteroatoms. The van der Waals surface area contributed by atoms with Crippen molar-refractivity contribution < 1.29 is 14.3 Å². The van der Waals surface area contributed by atoms with Crippen molar-refractivity contribution >= 4 is 39.8 Å². The minimum Gasteiger partial charge on any atom is -0.462 e. The predicted molar refractivity (Wildman–Crippen MR) is 145 cm³/mol. The first-order valence-electron chi connectivity index (χ1n) is 11.4. The Labute approximate surface area is 206 Å². The molecule has 0 fully saturated rings. The number of hydrogen-bond donors (Lipinski definition) is 0. The smallest absolute Gasteiger partial charge is 0.343 e. The number of benzene rings is 4. The molecule has 4 aromatic carbocycles. The summed E-state index contributed by atoms with van der Waals surface area (Å²) in [6.07, 6.45) is 0. The molecular weight excluding hydrogens is 451 g/mol. The van der Waals surface area contributed by atoms with Gasteiger partial charge >= 0.3 is 5.97 Å². The molecule has 4 rings (SSSR count). The Hall–Kier alpha value is -4.12. The van der Waals surface area contributed by atoms with Gasteiger partial charge in [-0.15, -0.1) is 0 Å². The maximum absolute atomic E-state index is 13.9. The normalized spacial score (nSPS) is 10.5. The first kappa shape index (κ1) is 24.0. The van der Waals surface area contributed by atoms with Gasteiger partial charge in [0.1, 0.15) is 5.29 Å². The molecule has 0 saturated heterocycles. The zero-order valence-corrected chi connectivity index (χ0v) is 20.3. The molecule has 0 saturated carbocycles. The summed E-state index contributed by atoms with van der Waals surface area (Å²) in [5.41, 5.74) is 0.701. The molecule has 0 aliphatic heterocycles. The Bertz CT molecular complexity index is 1310. The molecule has 0 radical (unpaired) electrons. The third-order valence-corrected chi connectivity index (χ3v) is 9.82. The molecule has 0 aromatic heterocycles. The SMILES string of the molecule is CCOC(=O)C(C(=O)C#Cc1ccccc1)=P(c1ccccc1)(c1ccccc1)c1ccccc1. The minimum absolute atomic E-state index is 0.0754. The van der Waals surface area contributed by atoms with E-state index in [0.717, 1.165) is 15.9 Å². The van der Waals surface area contributed by atoms with Gasteiger partial charge in [-0.3, -0.25) is 4.79 Å². The van der Waals surface area contributed by atoms with Crippen molar-refractivity contribution in [3.05, 3.63) is 127 Å². The van der Waals surface area contributed by atoms with E-state index in [4.69, 9.17) is 4.74 Å². The molecule has 0 aliphatic carbocycles. The average Bonchev–Trinajstić information content (AvgIpc) is 2.92. The Kier molecular flexibility index (Phi) is 7.78. The van der Waals surface area contributed by atoms with E-state index >= 15 is 0 Å². The molecular formula is C31H25O3P. The standard InChI is InChI=1S/C31H25O3P/c1-2-34-31(33)30(29(32)24-23-25-15-7-3-8-16-25)35(26-17-9-4-10-18-26,27-19-11-5-12-20-27)28-21-13-6-14-22-28/h3-22H,2H2,1H3. The summed E-state index contributed by atoms with van der Waals surface area (Å²) >= 11 is 0. The monoisotopic (exact) mass is 476 g/mol. The lowest BCUT2D eigenvalue weighted by molar-refractivity contribution is -0.135. The summed E-state index contributed by atoms with van der Waals surface area (Å²) in [7, 11) is 0. The van der Waals surface area contributed by atoms with E-state index < -0.39 is 18.6 Å². The first-order chi connectivity index (χ1) is 17.2. The van der Waals surface area contributed by atoms with E-state index in [1.807, 2.05) is 121 Å². The second-order valence-electron chi connectivity index (χ2n) is 7.69. The first-order valence-corrected chi connectivity index (χ1v) is 13.2. The summed E-state index contributed by atoms with van der Waals surface area (Å²) in [5.74, 6) is 4.53. The number of carbonyl (C=O) groups is 2. The fraction of sp³-hybridized carbons (Fsp3) is 0.0645. The number of Topliss-reactive ketones (excluding diaryl/α,β-unsaturated/α-hetero) is 1. The lowest BCUT2D eigenvalue weighted by Gasteiger charge is -2.30. The van der Waals surface area contributed by atoms with Crippen LogP contribution >= 0.6 is 6.89 Å². The van der Waals surface area contributed by atoms with Gasteiger partial charge in [0.25, 0.3) is 0 Å². The molecule has 0 aliphatic rings. The zero-order valence-electron chi connectivity index (χ0n) is 19.4. The van der Waals surface area contributed by atoms with E-state index in [1.165, 1.54) is 0 Å². The topological polar surface area (TPSA) is 43.4 Å². The van der Waals surface area contributed by atoms with Gasteiger partial charge in [-0.1, -0.05) is 115 Å². The van der Waals surface area contributed by atoms with Crippen molar-refractivity contribution in [1.82, 2.24) is 0 Å².